The standard InChI is InChI=1S/C8H6ClF2N/c9-5-3-6(10)8-4(7(5)11)1-2-12-8/h3,12H,1-2H2. The zero-order valence-corrected chi connectivity index (χ0v) is 6.88. The molecule has 1 N–H and O–H groups in total. The molecule has 0 saturated carbocycles. The van der Waals surface area contributed by atoms with E-state index in [9.17, 15) is 8.78 Å². The first kappa shape index (κ1) is 7.80. The third kappa shape index (κ3) is 0.966. The lowest BCUT2D eigenvalue weighted by Crippen LogP contribution is -1.93. The van der Waals surface area contributed by atoms with Crippen LogP contribution < -0.4 is 5.32 Å². The summed E-state index contributed by atoms with van der Waals surface area (Å²) in [5.74, 6) is -0.980. The molecule has 1 heterocycles. The molecule has 0 radical (unpaired) electrons. The molecular formula is C8H6ClF2N. The lowest BCUT2D eigenvalue weighted by atomic mass is 10.1. The highest BCUT2D eigenvalue weighted by Gasteiger charge is 2.21. The minimum Gasteiger partial charge on any atom is -0.382 e. The highest BCUT2D eigenvalue weighted by Crippen LogP contribution is 2.32. The van der Waals surface area contributed by atoms with Crippen LogP contribution in [-0.4, -0.2) is 6.54 Å². The van der Waals surface area contributed by atoms with Crippen molar-refractivity contribution in [2.24, 2.45) is 0 Å². The maximum absolute atomic E-state index is 13.1. The highest BCUT2D eigenvalue weighted by atomic mass is 35.5. The van der Waals surface area contributed by atoms with Crippen LogP contribution in [0.25, 0.3) is 0 Å². The van der Waals surface area contributed by atoms with E-state index in [0.717, 1.165) is 6.07 Å². The van der Waals surface area contributed by atoms with Gasteiger partial charge in [-0.3, -0.25) is 0 Å². The normalized spacial score (nSPS) is 14.2. The van der Waals surface area contributed by atoms with Crippen molar-refractivity contribution >= 4 is 17.3 Å². The molecule has 0 amide bonds. The molecule has 0 unspecified atom stereocenters. The Morgan fingerprint density at radius 3 is 2.92 bits per heavy atom. The van der Waals surface area contributed by atoms with Gasteiger partial charge in [-0.05, 0) is 12.5 Å². The molecule has 1 aromatic carbocycles. The van der Waals surface area contributed by atoms with Crippen molar-refractivity contribution in [3.8, 4) is 0 Å². The van der Waals surface area contributed by atoms with Crippen molar-refractivity contribution in [2.75, 3.05) is 11.9 Å². The van der Waals surface area contributed by atoms with Crippen molar-refractivity contribution in [2.45, 2.75) is 6.42 Å². The van der Waals surface area contributed by atoms with E-state index in [-0.39, 0.29) is 10.7 Å². The largest absolute Gasteiger partial charge is 0.382 e. The molecule has 0 spiro atoms. The molecule has 64 valence electrons. The Labute approximate surface area is 73.3 Å². The van der Waals surface area contributed by atoms with E-state index >= 15 is 0 Å². The summed E-state index contributed by atoms with van der Waals surface area (Å²) < 4.78 is 26.2. The molecule has 0 fully saturated rings. The molecule has 1 nitrogen and oxygen atoms in total. The minimum atomic E-state index is -0.502. The van der Waals surface area contributed by atoms with Crippen LogP contribution >= 0.6 is 11.6 Å². The third-order valence-electron chi connectivity index (χ3n) is 1.95. The second-order valence-electron chi connectivity index (χ2n) is 2.68. The van der Waals surface area contributed by atoms with Gasteiger partial charge in [-0.25, -0.2) is 8.78 Å². The highest BCUT2D eigenvalue weighted by molar-refractivity contribution is 6.30. The Balaban J connectivity index is 2.69. The van der Waals surface area contributed by atoms with Gasteiger partial charge in [-0.1, -0.05) is 11.6 Å². The van der Waals surface area contributed by atoms with E-state index in [4.69, 9.17) is 11.6 Å². The second kappa shape index (κ2) is 2.59. The summed E-state index contributed by atoms with van der Waals surface area (Å²) in [6.45, 7) is 0.573. The summed E-state index contributed by atoms with van der Waals surface area (Å²) >= 11 is 5.45. The van der Waals surface area contributed by atoms with Gasteiger partial charge in [0.15, 0.2) is 0 Å². The summed E-state index contributed by atoms with van der Waals surface area (Å²) in [5, 5.41) is 2.62. The molecule has 0 aromatic heterocycles. The van der Waals surface area contributed by atoms with Gasteiger partial charge in [0, 0.05) is 12.1 Å². The molecule has 4 heteroatoms. The van der Waals surface area contributed by atoms with Gasteiger partial charge in [0.2, 0.25) is 0 Å². The van der Waals surface area contributed by atoms with Crippen molar-refractivity contribution in [3.05, 3.63) is 28.3 Å². The number of anilines is 1. The predicted octanol–water partition coefficient (Wildman–Crippen LogP) is 2.59. The van der Waals surface area contributed by atoms with Gasteiger partial charge in [-0.2, -0.15) is 0 Å². The maximum atomic E-state index is 13.1. The monoisotopic (exact) mass is 189 g/mol. The predicted molar refractivity (Wildman–Crippen MR) is 43.6 cm³/mol. The maximum Gasteiger partial charge on any atom is 0.148 e. The Morgan fingerprint density at radius 1 is 1.42 bits per heavy atom. The van der Waals surface area contributed by atoms with Crippen LogP contribution in [0.1, 0.15) is 5.56 Å². The summed E-state index contributed by atoms with van der Waals surface area (Å²) in [4.78, 5) is 0. The zero-order valence-electron chi connectivity index (χ0n) is 6.13. The van der Waals surface area contributed by atoms with Crippen LogP contribution in [0.5, 0.6) is 0 Å². The molecular weight excluding hydrogens is 184 g/mol. The first-order valence-corrected chi connectivity index (χ1v) is 3.98. The van der Waals surface area contributed by atoms with Crippen molar-refractivity contribution < 1.29 is 8.78 Å². The van der Waals surface area contributed by atoms with E-state index in [2.05, 4.69) is 5.32 Å². The van der Waals surface area contributed by atoms with E-state index in [1.54, 1.807) is 0 Å². The Kier molecular flexibility index (Phi) is 1.68. The lowest BCUT2D eigenvalue weighted by molar-refractivity contribution is 0.596. The molecule has 0 atom stereocenters. The van der Waals surface area contributed by atoms with Crippen molar-refractivity contribution in [1.29, 1.82) is 0 Å². The summed E-state index contributed by atoms with van der Waals surface area (Å²) in [6.07, 6.45) is 0.499. The Bertz CT molecular complexity index is 338. The molecule has 2 rings (SSSR count). The van der Waals surface area contributed by atoms with Crippen LogP contribution in [0.4, 0.5) is 14.5 Å². The molecule has 0 saturated heterocycles. The number of fused-ring (bicyclic) bond motifs is 1. The first-order valence-electron chi connectivity index (χ1n) is 3.60. The minimum absolute atomic E-state index is 0.144. The van der Waals surface area contributed by atoms with Crippen LogP contribution in [0.15, 0.2) is 6.07 Å². The average molecular weight is 190 g/mol. The van der Waals surface area contributed by atoms with Gasteiger partial charge < -0.3 is 5.32 Å². The van der Waals surface area contributed by atoms with Crippen LogP contribution in [0, 0.1) is 11.6 Å². The number of nitrogens with one attached hydrogen (secondary N) is 1. The van der Waals surface area contributed by atoms with Gasteiger partial charge in [-0.15, -0.1) is 0 Å². The summed E-state index contributed by atoms with van der Waals surface area (Å²) in [7, 11) is 0. The number of benzene rings is 1. The van der Waals surface area contributed by atoms with Gasteiger partial charge in [0.05, 0.1) is 10.7 Å². The Morgan fingerprint density at radius 2 is 2.17 bits per heavy atom. The molecule has 1 aliphatic rings. The average Bonchev–Trinajstić information content (AvgIpc) is 2.48. The lowest BCUT2D eigenvalue weighted by Gasteiger charge is -2.03. The van der Waals surface area contributed by atoms with Gasteiger partial charge >= 0.3 is 0 Å². The van der Waals surface area contributed by atoms with E-state index in [1.165, 1.54) is 0 Å². The number of hydrogen-bond donors (Lipinski definition) is 1. The van der Waals surface area contributed by atoms with E-state index < -0.39 is 11.6 Å². The molecule has 1 aliphatic heterocycles. The van der Waals surface area contributed by atoms with Crippen LogP contribution in [0.2, 0.25) is 5.02 Å². The van der Waals surface area contributed by atoms with Gasteiger partial charge in [0.1, 0.15) is 11.6 Å². The molecule has 1 aromatic rings. The topological polar surface area (TPSA) is 12.0 Å². The SMILES string of the molecule is Fc1cc(Cl)c(F)c2c1NCC2. The fourth-order valence-corrected chi connectivity index (χ4v) is 1.59. The van der Waals surface area contributed by atoms with Crippen LogP contribution in [0.3, 0.4) is 0 Å². The van der Waals surface area contributed by atoms with E-state index in [0.29, 0.717) is 18.5 Å². The summed E-state index contributed by atoms with van der Waals surface area (Å²) in [5.41, 5.74) is 0.622. The number of halogens is 3. The summed E-state index contributed by atoms with van der Waals surface area (Å²) in [6, 6.07) is 0.994. The molecule has 0 aliphatic carbocycles. The van der Waals surface area contributed by atoms with Crippen molar-refractivity contribution in [3.63, 3.8) is 0 Å². The smallest absolute Gasteiger partial charge is 0.148 e. The zero-order chi connectivity index (χ0) is 8.72. The van der Waals surface area contributed by atoms with Crippen LogP contribution in [-0.2, 0) is 6.42 Å². The number of hydrogen-bond acceptors (Lipinski definition) is 1. The fourth-order valence-electron chi connectivity index (χ4n) is 1.38. The fraction of sp³-hybridized carbons (Fsp3) is 0.250. The van der Waals surface area contributed by atoms with Crippen molar-refractivity contribution in [1.82, 2.24) is 0 Å². The third-order valence-corrected chi connectivity index (χ3v) is 2.22. The Hall–Kier alpha value is -0.830. The first-order chi connectivity index (χ1) is 5.70. The molecule has 0 bridgehead atoms. The van der Waals surface area contributed by atoms with Gasteiger partial charge in [0.25, 0.3) is 0 Å². The second-order valence-corrected chi connectivity index (χ2v) is 3.09. The number of rotatable bonds is 0. The molecule has 12 heavy (non-hydrogen) atoms. The quantitative estimate of drug-likeness (QED) is 0.619. The van der Waals surface area contributed by atoms with E-state index in [1.807, 2.05) is 0 Å².